The van der Waals surface area contributed by atoms with Crippen molar-refractivity contribution in [3.05, 3.63) is 77.9 Å². The van der Waals surface area contributed by atoms with E-state index in [0.29, 0.717) is 23.8 Å². The minimum Gasteiger partial charge on any atom is -0.462 e. The highest BCUT2D eigenvalue weighted by Gasteiger charge is 2.10. The number of thiocarbonyl (C=S) groups is 1. The summed E-state index contributed by atoms with van der Waals surface area (Å²) in [6.45, 7) is 4.67. The first kappa shape index (κ1) is 19.6. The maximum atomic E-state index is 11.9. The number of anilines is 1. The predicted octanol–water partition coefficient (Wildman–Crippen LogP) is 3.84. The number of carbonyl (C=O) groups excluding carboxylic acids is 1. The van der Waals surface area contributed by atoms with Crippen LogP contribution in [0.1, 0.15) is 28.4 Å². The number of aryl methyl sites for hydroxylation is 1. The molecule has 144 valence electrons. The van der Waals surface area contributed by atoms with E-state index in [2.05, 4.69) is 15.6 Å². The molecule has 2 N–H and O–H groups in total. The largest absolute Gasteiger partial charge is 0.462 e. The summed E-state index contributed by atoms with van der Waals surface area (Å²) in [5.74, 6) is -0.345. The highest BCUT2D eigenvalue weighted by molar-refractivity contribution is 7.80. The third kappa shape index (κ3) is 4.95. The van der Waals surface area contributed by atoms with Gasteiger partial charge in [0.1, 0.15) is 0 Å². The van der Waals surface area contributed by atoms with Crippen molar-refractivity contribution in [2.75, 3.05) is 11.9 Å². The van der Waals surface area contributed by atoms with Gasteiger partial charge in [0.05, 0.1) is 18.5 Å². The second-order valence-electron chi connectivity index (χ2n) is 6.19. The molecule has 0 aliphatic rings. The van der Waals surface area contributed by atoms with Crippen molar-refractivity contribution in [1.29, 1.82) is 0 Å². The number of nitrogens with zero attached hydrogens (tertiary/aromatic N) is 2. The van der Waals surface area contributed by atoms with Crippen LogP contribution < -0.4 is 10.6 Å². The van der Waals surface area contributed by atoms with Gasteiger partial charge in [-0.3, -0.25) is 0 Å². The van der Waals surface area contributed by atoms with Crippen molar-refractivity contribution in [3.63, 3.8) is 0 Å². The lowest BCUT2D eigenvalue weighted by Gasteiger charge is -2.14. The molecule has 0 bridgehead atoms. The Hall–Kier alpha value is -3.19. The molecule has 28 heavy (non-hydrogen) atoms. The van der Waals surface area contributed by atoms with Gasteiger partial charge in [0.25, 0.3) is 0 Å². The van der Waals surface area contributed by atoms with Gasteiger partial charge in [0, 0.05) is 30.3 Å². The van der Waals surface area contributed by atoms with E-state index >= 15 is 0 Å². The molecule has 0 atom stereocenters. The molecule has 0 radical (unpaired) electrons. The normalized spacial score (nSPS) is 10.4. The molecule has 6 nitrogen and oxygen atoms in total. The first-order valence-electron chi connectivity index (χ1n) is 8.96. The van der Waals surface area contributed by atoms with E-state index < -0.39 is 0 Å². The van der Waals surface area contributed by atoms with E-state index in [0.717, 1.165) is 22.5 Å². The van der Waals surface area contributed by atoms with Crippen molar-refractivity contribution in [1.82, 2.24) is 14.9 Å². The summed E-state index contributed by atoms with van der Waals surface area (Å²) >= 11 is 5.39. The number of rotatable bonds is 6. The number of benzene rings is 2. The first-order valence-corrected chi connectivity index (χ1v) is 9.37. The third-order valence-corrected chi connectivity index (χ3v) is 4.44. The van der Waals surface area contributed by atoms with Gasteiger partial charge in [0.2, 0.25) is 0 Å². The zero-order valence-corrected chi connectivity index (χ0v) is 16.6. The molecule has 0 fully saturated rings. The Labute approximate surface area is 169 Å². The summed E-state index contributed by atoms with van der Waals surface area (Å²) in [5, 5.41) is 6.83. The Balaban J connectivity index is 1.58. The van der Waals surface area contributed by atoms with Gasteiger partial charge in [-0.25, -0.2) is 9.78 Å². The molecule has 1 heterocycles. The summed E-state index contributed by atoms with van der Waals surface area (Å²) in [6.07, 6.45) is 5.41. The van der Waals surface area contributed by atoms with Gasteiger partial charge in [0.15, 0.2) is 5.11 Å². The molecule has 0 aliphatic carbocycles. The quantitative estimate of drug-likeness (QED) is 0.489. The maximum Gasteiger partial charge on any atom is 0.338 e. The number of ether oxygens (including phenoxy) is 1. The minimum atomic E-state index is -0.345. The van der Waals surface area contributed by atoms with Crippen LogP contribution in [0.2, 0.25) is 0 Å². The van der Waals surface area contributed by atoms with Crippen LogP contribution >= 0.6 is 12.2 Å². The highest BCUT2D eigenvalue weighted by atomic mass is 32.1. The van der Waals surface area contributed by atoms with Crippen LogP contribution in [0.25, 0.3) is 5.69 Å². The van der Waals surface area contributed by atoms with Crippen LogP contribution in [0, 0.1) is 6.92 Å². The fraction of sp³-hybridized carbons (Fsp3) is 0.190. The summed E-state index contributed by atoms with van der Waals surface area (Å²) in [5.41, 5.74) is 4.41. The molecule has 3 aromatic rings. The minimum absolute atomic E-state index is 0.342. The lowest BCUT2D eigenvalue weighted by atomic mass is 10.1. The summed E-state index contributed by atoms with van der Waals surface area (Å²) in [6, 6.07) is 13.5. The van der Waals surface area contributed by atoms with Crippen LogP contribution in [-0.2, 0) is 11.3 Å². The highest BCUT2D eigenvalue weighted by Crippen LogP contribution is 2.18. The zero-order chi connectivity index (χ0) is 19.9. The lowest BCUT2D eigenvalue weighted by molar-refractivity contribution is 0.0526. The van der Waals surface area contributed by atoms with Gasteiger partial charge in [-0.05, 0) is 61.5 Å². The topological polar surface area (TPSA) is 68.2 Å². The Morgan fingerprint density at radius 3 is 2.68 bits per heavy atom. The van der Waals surface area contributed by atoms with E-state index in [1.165, 1.54) is 0 Å². The van der Waals surface area contributed by atoms with Crippen molar-refractivity contribution in [3.8, 4) is 5.69 Å². The van der Waals surface area contributed by atoms with Crippen LogP contribution in [-0.4, -0.2) is 27.2 Å². The lowest BCUT2D eigenvalue weighted by Crippen LogP contribution is -2.28. The molecule has 0 saturated carbocycles. The smallest absolute Gasteiger partial charge is 0.338 e. The predicted molar refractivity (Wildman–Crippen MR) is 114 cm³/mol. The average Bonchev–Trinajstić information content (AvgIpc) is 3.23. The van der Waals surface area contributed by atoms with Crippen LogP contribution in [0.3, 0.4) is 0 Å². The maximum absolute atomic E-state index is 11.9. The summed E-state index contributed by atoms with van der Waals surface area (Å²) < 4.78 is 7.00. The van der Waals surface area contributed by atoms with Gasteiger partial charge >= 0.3 is 5.97 Å². The van der Waals surface area contributed by atoms with Crippen molar-refractivity contribution in [2.24, 2.45) is 0 Å². The fourth-order valence-corrected chi connectivity index (χ4v) is 2.83. The molecule has 2 aromatic carbocycles. The number of hydrogen-bond acceptors (Lipinski definition) is 4. The van der Waals surface area contributed by atoms with E-state index in [1.54, 1.807) is 31.6 Å². The van der Waals surface area contributed by atoms with Gasteiger partial charge in [-0.2, -0.15) is 0 Å². The number of imidazole rings is 1. The molecule has 3 rings (SSSR count). The van der Waals surface area contributed by atoms with Crippen molar-refractivity contribution >= 4 is 29.0 Å². The summed E-state index contributed by atoms with van der Waals surface area (Å²) in [7, 11) is 0. The Bertz CT molecular complexity index is 953. The number of hydrogen-bond donors (Lipinski definition) is 2. The van der Waals surface area contributed by atoms with Gasteiger partial charge in [-0.1, -0.05) is 18.2 Å². The standard InChI is InChI=1S/C21H22N4O2S/c1-3-27-20(26)17-7-4-15(2)19(12-17)24-21(28)23-13-16-5-8-18(9-6-16)25-11-10-22-14-25/h4-12,14H,3,13H2,1-2H3,(H2,23,24,28). The molecule has 0 saturated heterocycles. The second kappa shape index (κ2) is 9.14. The summed E-state index contributed by atoms with van der Waals surface area (Å²) in [4.78, 5) is 16.0. The SMILES string of the molecule is CCOC(=O)c1ccc(C)c(NC(=S)NCc2ccc(-n3ccnc3)cc2)c1. The molecule has 7 heteroatoms. The van der Waals surface area contributed by atoms with Gasteiger partial charge in [-0.15, -0.1) is 0 Å². The number of esters is 1. The third-order valence-electron chi connectivity index (χ3n) is 4.19. The van der Waals surface area contributed by atoms with Crippen LogP contribution in [0.5, 0.6) is 0 Å². The molecule has 0 aliphatic heterocycles. The van der Waals surface area contributed by atoms with Crippen LogP contribution in [0.4, 0.5) is 5.69 Å². The molecular formula is C21H22N4O2S. The Kier molecular flexibility index (Phi) is 6.39. The number of nitrogens with one attached hydrogen (secondary N) is 2. The monoisotopic (exact) mass is 394 g/mol. The Morgan fingerprint density at radius 1 is 1.21 bits per heavy atom. The van der Waals surface area contributed by atoms with Crippen molar-refractivity contribution < 1.29 is 9.53 Å². The zero-order valence-electron chi connectivity index (χ0n) is 15.8. The first-order chi connectivity index (χ1) is 13.6. The number of aromatic nitrogens is 2. The fourth-order valence-electron chi connectivity index (χ4n) is 2.64. The molecule has 0 amide bonds. The molecule has 0 unspecified atom stereocenters. The second-order valence-corrected chi connectivity index (χ2v) is 6.60. The molecule has 0 spiro atoms. The van der Waals surface area contributed by atoms with E-state index in [9.17, 15) is 4.79 Å². The van der Waals surface area contributed by atoms with Crippen molar-refractivity contribution in [2.45, 2.75) is 20.4 Å². The molecular weight excluding hydrogens is 372 g/mol. The average molecular weight is 395 g/mol. The van der Waals surface area contributed by atoms with E-state index in [4.69, 9.17) is 17.0 Å². The Morgan fingerprint density at radius 2 is 2.00 bits per heavy atom. The van der Waals surface area contributed by atoms with Gasteiger partial charge < -0.3 is 19.9 Å². The molecule has 1 aromatic heterocycles. The number of carbonyl (C=O) groups is 1. The van der Waals surface area contributed by atoms with E-state index in [1.807, 2.05) is 48.0 Å². The van der Waals surface area contributed by atoms with E-state index in [-0.39, 0.29) is 5.97 Å². The van der Waals surface area contributed by atoms with Crippen LogP contribution in [0.15, 0.2) is 61.2 Å².